The van der Waals surface area contributed by atoms with Gasteiger partial charge in [-0.3, -0.25) is 14.8 Å². The summed E-state index contributed by atoms with van der Waals surface area (Å²) >= 11 is 0. The van der Waals surface area contributed by atoms with Gasteiger partial charge in [-0.2, -0.15) is 0 Å². The summed E-state index contributed by atoms with van der Waals surface area (Å²) in [5.41, 5.74) is 0. The Hall–Kier alpha value is -0.810. The van der Waals surface area contributed by atoms with Crippen LogP contribution in [0.2, 0.25) is 0 Å². The van der Waals surface area contributed by atoms with Gasteiger partial charge in [0, 0.05) is 45.3 Å². The quantitative estimate of drug-likeness (QED) is 0.502. The van der Waals surface area contributed by atoms with Gasteiger partial charge in [-0.15, -0.1) is 0 Å². The Labute approximate surface area is 142 Å². The zero-order valence-electron chi connectivity index (χ0n) is 15.5. The second-order valence-corrected chi connectivity index (χ2v) is 6.88. The van der Waals surface area contributed by atoms with Gasteiger partial charge in [0.25, 0.3) is 0 Å². The fraction of sp³-hybridized carbons (Fsp3) is 0.944. The van der Waals surface area contributed by atoms with E-state index in [1.54, 1.807) is 0 Å². The molecule has 2 aliphatic rings. The van der Waals surface area contributed by atoms with Crippen LogP contribution in [0.4, 0.5) is 0 Å². The number of nitrogens with one attached hydrogen (secondary N) is 2. The second kappa shape index (κ2) is 10.1. The van der Waals surface area contributed by atoms with E-state index in [1.165, 1.54) is 45.1 Å². The third-order valence-electron chi connectivity index (χ3n) is 5.30. The van der Waals surface area contributed by atoms with Crippen LogP contribution < -0.4 is 10.6 Å². The van der Waals surface area contributed by atoms with Crippen molar-refractivity contribution in [2.45, 2.75) is 64.5 Å². The van der Waals surface area contributed by atoms with Crippen molar-refractivity contribution in [3.05, 3.63) is 0 Å². The maximum absolute atomic E-state index is 4.35. The van der Waals surface area contributed by atoms with Crippen molar-refractivity contribution in [3.8, 4) is 0 Å². The van der Waals surface area contributed by atoms with Crippen LogP contribution in [0.5, 0.6) is 0 Å². The summed E-state index contributed by atoms with van der Waals surface area (Å²) < 4.78 is 0. The Kier molecular flexibility index (Phi) is 8.17. The first kappa shape index (κ1) is 18.5. The minimum absolute atomic E-state index is 0.789. The van der Waals surface area contributed by atoms with Gasteiger partial charge in [-0.25, -0.2) is 0 Å². The van der Waals surface area contributed by atoms with E-state index in [4.69, 9.17) is 0 Å². The topological polar surface area (TPSA) is 42.9 Å². The average Bonchev–Trinajstić information content (AvgIpc) is 3.42. The first-order chi connectivity index (χ1) is 11.3. The molecule has 0 spiro atoms. The standard InChI is InChI=1S/C18H37N5/c1-4-16-8-6-7-13-23(16)15-12-21-18(19-3)20-11-14-22(5-2)17-9-10-17/h16-17H,4-15H2,1-3H3,(H2,19,20,21). The van der Waals surface area contributed by atoms with Crippen LogP contribution in [0.3, 0.4) is 0 Å². The lowest BCUT2D eigenvalue weighted by atomic mass is 10.0. The van der Waals surface area contributed by atoms with Gasteiger partial charge < -0.3 is 10.6 Å². The molecule has 0 aromatic carbocycles. The van der Waals surface area contributed by atoms with Gasteiger partial charge in [0.05, 0.1) is 0 Å². The number of piperidine rings is 1. The number of rotatable bonds is 9. The lowest BCUT2D eigenvalue weighted by molar-refractivity contribution is 0.147. The number of likely N-dealkylation sites (N-methyl/N-ethyl adjacent to an activating group) is 1. The number of hydrogen-bond donors (Lipinski definition) is 2. The average molecular weight is 324 g/mol. The Bertz CT molecular complexity index is 353. The van der Waals surface area contributed by atoms with E-state index in [0.717, 1.165) is 50.8 Å². The van der Waals surface area contributed by atoms with Crippen molar-refractivity contribution < 1.29 is 0 Å². The molecule has 2 N–H and O–H groups in total. The molecule has 0 radical (unpaired) electrons. The molecule has 2 fully saturated rings. The number of aliphatic imine (C=N–C) groups is 1. The molecule has 1 saturated heterocycles. The van der Waals surface area contributed by atoms with Gasteiger partial charge in [0.15, 0.2) is 5.96 Å². The summed E-state index contributed by atoms with van der Waals surface area (Å²) in [5.74, 6) is 0.946. The van der Waals surface area contributed by atoms with E-state index in [1.807, 2.05) is 7.05 Å². The highest BCUT2D eigenvalue weighted by Gasteiger charge is 2.27. The molecular weight excluding hydrogens is 286 g/mol. The predicted octanol–water partition coefficient (Wildman–Crippen LogP) is 1.90. The molecule has 1 atom stereocenters. The Morgan fingerprint density at radius 2 is 1.91 bits per heavy atom. The van der Waals surface area contributed by atoms with Crippen molar-refractivity contribution in [3.63, 3.8) is 0 Å². The van der Waals surface area contributed by atoms with Gasteiger partial charge >= 0.3 is 0 Å². The van der Waals surface area contributed by atoms with E-state index in [9.17, 15) is 0 Å². The minimum Gasteiger partial charge on any atom is -0.355 e. The van der Waals surface area contributed by atoms with Crippen LogP contribution in [0.25, 0.3) is 0 Å². The Balaban J connectivity index is 1.60. The highest BCUT2D eigenvalue weighted by molar-refractivity contribution is 5.79. The molecule has 23 heavy (non-hydrogen) atoms. The lowest BCUT2D eigenvalue weighted by Gasteiger charge is -2.35. The molecule has 1 unspecified atom stereocenters. The molecule has 5 heteroatoms. The number of guanidine groups is 1. The third kappa shape index (κ3) is 6.30. The summed E-state index contributed by atoms with van der Waals surface area (Å²) in [5, 5.41) is 6.94. The molecule has 0 bridgehead atoms. The minimum atomic E-state index is 0.789. The van der Waals surface area contributed by atoms with Crippen LogP contribution in [-0.4, -0.2) is 74.2 Å². The molecule has 1 aliphatic carbocycles. The summed E-state index contributed by atoms with van der Waals surface area (Å²) in [6, 6.07) is 1.64. The van der Waals surface area contributed by atoms with Gasteiger partial charge in [0.1, 0.15) is 0 Å². The molecule has 2 rings (SSSR count). The molecule has 134 valence electrons. The predicted molar refractivity (Wildman–Crippen MR) is 99.1 cm³/mol. The van der Waals surface area contributed by atoms with Crippen molar-refractivity contribution in [2.75, 3.05) is 46.3 Å². The lowest BCUT2D eigenvalue weighted by Crippen LogP contribution is -2.47. The van der Waals surface area contributed by atoms with E-state index < -0.39 is 0 Å². The molecule has 1 heterocycles. The zero-order chi connectivity index (χ0) is 16.5. The fourth-order valence-corrected chi connectivity index (χ4v) is 3.71. The van der Waals surface area contributed by atoms with E-state index in [-0.39, 0.29) is 0 Å². The Morgan fingerprint density at radius 3 is 2.57 bits per heavy atom. The number of hydrogen-bond acceptors (Lipinski definition) is 3. The van der Waals surface area contributed by atoms with Crippen LogP contribution in [0.15, 0.2) is 4.99 Å². The first-order valence-corrected chi connectivity index (χ1v) is 9.71. The summed E-state index contributed by atoms with van der Waals surface area (Å²) in [6.07, 6.45) is 8.18. The van der Waals surface area contributed by atoms with Crippen LogP contribution in [0, 0.1) is 0 Å². The van der Waals surface area contributed by atoms with Crippen molar-refractivity contribution in [1.29, 1.82) is 0 Å². The van der Waals surface area contributed by atoms with E-state index >= 15 is 0 Å². The largest absolute Gasteiger partial charge is 0.355 e. The van der Waals surface area contributed by atoms with Crippen molar-refractivity contribution >= 4 is 5.96 Å². The van der Waals surface area contributed by atoms with E-state index in [0.29, 0.717) is 0 Å². The van der Waals surface area contributed by atoms with E-state index in [2.05, 4.69) is 39.3 Å². The molecule has 5 nitrogen and oxygen atoms in total. The Morgan fingerprint density at radius 1 is 1.13 bits per heavy atom. The van der Waals surface area contributed by atoms with Gasteiger partial charge in [0.2, 0.25) is 0 Å². The maximum Gasteiger partial charge on any atom is 0.191 e. The summed E-state index contributed by atoms with van der Waals surface area (Å²) in [6.45, 7) is 11.2. The molecular formula is C18H37N5. The molecule has 1 saturated carbocycles. The van der Waals surface area contributed by atoms with Crippen LogP contribution in [0.1, 0.15) is 52.4 Å². The van der Waals surface area contributed by atoms with Crippen LogP contribution in [-0.2, 0) is 0 Å². The molecule has 1 aliphatic heterocycles. The third-order valence-corrected chi connectivity index (χ3v) is 5.30. The van der Waals surface area contributed by atoms with Gasteiger partial charge in [-0.1, -0.05) is 20.3 Å². The van der Waals surface area contributed by atoms with Crippen molar-refractivity contribution in [1.82, 2.24) is 20.4 Å². The summed E-state index contributed by atoms with van der Waals surface area (Å²) in [4.78, 5) is 9.57. The molecule has 0 amide bonds. The van der Waals surface area contributed by atoms with Gasteiger partial charge in [-0.05, 0) is 45.2 Å². The highest BCUT2D eigenvalue weighted by Crippen LogP contribution is 2.25. The summed E-state index contributed by atoms with van der Waals surface area (Å²) in [7, 11) is 1.86. The smallest absolute Gasteiger partial charge is 0.191 e. The second-order valence-electron chi connectivity index (χ2n) is 6.88. The SMILES string of the molecule is CCC1CCCCN1CCNC(=NC)NCCN(CC)C1CC1. The monoisotopic (exact) mass is 323 g/mol. The van der Waals surface area contributed by atoms with Crippen LogP contribution >= 0.6 is 0 Å². The molecule has 0 aromatic heterocycles. The highest BCUT2D eigenvalue weighted by atomic mass is 15.2. The molecule has 0 aromatic rings. The number of nitrogens with zero attached hydrogens (tertiary/aromatic N) is 3. The first-order valence-electron chi connectivity index (χ1n) is 9.71. The van der Waals surface area contributed by atoms with Crippen molar-refractivity contribution in [2.24, 2.45) is 4.99 Å². The fourth-order valence-electron chi connectivity index (χ4n) is 3.71. The zero-order valence-corrected chi connectivity index (χ0v) is 15.5. The maximum atomic E-state index is 4.35. The normalized spacial score (nSPS) is 23.3. The number of likely N-dealkylation sites (tertiary alicyclic amines) is 1.